The van der Waals surface area contributed by atoms with Gasteiger partial charge in [0.1, 0.15) is 12.0 Å². The molecule has 0 saturated heterocycles. The van der Waals surface area contributed by atoms with Gasteiger partial charge in [-0.1, -0.05) is 30.3 Å². The van der Waals surface area contributed by atoms with E-state index in [0.29, 0.717) is 11.7 Å². The van der Waals surface area contributed by atoms with Crippen molar-refractivity contribution in [1.82, 2.24) is 14.5 Å². The molecule has 4 aromatic rings. The van der Waals surface area contributed by atoms with Crippen LogP contribution in [0.15, 0.2) is 70.8 Å². The highest BCUT2D eigenvalue weighted by Gasteiger charge is 2.30. The summed E-state index contributed by atoms with van der Waals surface area (Å²) in [5.41, 5.74) is 8.96. The monoisotopic (exact) mass is 394 g/mol. The molecule has 2 aromatic carbocycles. The second-order valence-corrected chi connectivity index (χ2v) is 8.23. The van der Waals surface area contributed by atoms with Crippen molar-refractivity contribution in [3.05, 3.63) is 89.3 Å². The number of nitrogens with zero attached hydrogens (tertiary/aromatic N) is 4. The number of imidazole rings is 1. The quantitative estimate of drug-likeness (QED) is 0.453. The minimum Gasteiger partial charge on any atom is -0.442 e. The van der Waals surface area contributed by atoms with Gasteiger partial charge >= 0.3 is 0 Å². The largest absolute Gasteiger partial charge is 0.442 e. The van der Waals surface area contributed by atoms with Gasteiger partial charge in [0, 0.05) is 11.1 Å². The zero-order valence-electron chi connectivity index (χ0n) is 17.0. The van der Waals surface area contributed by atoms with E-state index in [1.807, 2.05) is 6.33 Å². The first-order valence-electron chi connectivity index (χ1n) is 10.5. The molecule has 0 amide bonds. The Kier molecular flexibility index (Phi) is 3.78. The fourth-order valence-electron chi connectivity index (χ4n) is 4.47. The Morgan fingerprint density at radius 1 is 1.07 bits per heavy atom. The minimum atomic E-state index is -0.0843. The third kappa shape index (κ3) is 2.65. The summed E-state index contributed by atoms with van der Waals surface area (Å²) in [5.74, 6) is 1.35. The van der Waals surface area contributed by atoms with E-state index in [4.69, 9.17) is 9.41 Å². The Morgan fingerprint density at radius 2 is 1.93 bits per heavy atom. The van der Waals surface area contributed by atoms with Crippen molar-refractivity contribution < 1.29 is 4.42 Å². The molecular weight excluding hydrogens is 372 g/mol. The summed E-state index contributed by atoms with van der Waals surface area (Å²) in [6, 6.07) is 15.2. The molecule has 0 unspecified atom stereocenters. The molecule has 0 spiro atoms. The molecule has 1 fully saturated rings. The van der Waals surface area contributed by atoms with Crippen LogP contribution in [0.2, 0.25) is 0 Å². The van der Waals surface area contributed by atoms with Crippen molar-refractivity contribution in [2.24, 2.45) is 4.99 Å². The molecule has 1 saturated carbocycles. The minimum absolute atomic E-state index is 0.0843. The van der Waals surface area contributed by atoms with E-state index in [0.717, 1.165) is 22.8 Å². The van der Waals surface area contributed by atoms with Crippen LogP contribution in [0.4, 0.5) is 0 Å². The lowest BCUT2D eigenvalue weighted by molar-refractivity contribution is 0.568. The first kappa shape index (κ1) is 17.4. The van der Waals surface area contributed by atoms with Gasteiger partial charge in [0.25, 0.3) is 0 Å². The van der Waals surface area contributed by atoms with E-state index < -0.39 is 0 Å². The Labute approximate surface area is 175 Å². The maximum atomic E-state index is 5.58. The van der Waals surface area contributed by atoms with Gasteiger partial charge in [0.05, 0.1) is 29.3 Å². The van der Waals surface area contributed by atoms with Crippen LogP contribution in [0, 0.1) is 6.92 Å². The van der Waals surface area contributed by atoms with Crippen molar-refractivity contribution in [2.75, 3.05) is 0 Å². The Bertz CT molecular complexity index is 1280. The Balaban J connectivity index is 1.63. The van der Waals surface area contributed by atoms with Gasteiger partial charge in [0.15, 0.2) is 12.2 Å². The highest BCUT2D eigenvalue weighted by molar-refractivity contribution is 6.16. The van der Waals surface area contributed by atoms with E-state index in [9.17, 15) is 0 Å². The molecule has 0 bridgehead atoms. The lowest BCUT2D eigenvalue weighted by Gasteiger charge is -2.15. The van der Waals surface area contributed by atoms with Crippen molar-refractivity contribution in [3.63, 3.8) is 0 Å². The number of hydrogen-bond acceptors (Lipinski definition) is 4. The third-order valence-corrected chi connectivity index (χ3v) is 6.17. The van der Waals surface area contributed by atoms with E-state index in [1.54, 1.807) is 6.20 Å². The Hall–Kier alpha value is -3.47. The molecule has 2 aliphatic rings. The van der Waals surface area contributed by atoms with E-state index in [1.165, 1.54) is 41.5 Å². The number of aromatic nitrogens is 3. The molecule has 30 heavy (non-hydrogen) atoms. The number of fused-ring (bicyclic) bond motifs is 3. The molecule has 3 heterocycles. The van der Waals surface area contributed by atoms with Crippen molar-refractivity contribution >= 4 is 5.71 Å². The second-order valence-electron chi connectivity index (χ2n) is 8.23. The summed E-state index contributed by atoms with van der Waals surface area (Å²) in [4.78, 5) is 14.0. The number of oxazole rings is 1. The fraction of sp³-hybridized carbons (Fsp3) is 0.240. The van der Waals surface area contributed by atoms with Crippen molar-refractivity contribution in [2.45, 2.75) is 38.6 Å². The number of rotatable bonds is 3. The van der Waals surface area contributed by atoms with E-state index >= 15 is 0 Å². The van der Waals surface area contributed by atoms with Crippen molar-refractivity contribution in [3.8, 4) is 17.1 Å². The average Bonchev–Trinajstić information content (AvgIpc) is 3.31. The number of aryl methyl sites for hydroxylation is 1. The molecule has 1 aliphatic carbocycles. The van der Waals surface area contributed by atoms with Crippen LogP contribution >= 0.6 is 0 Å². The van der Waals surface area contributed by atoms with Crippen LogP contribution in [0.1, 0.15) is 59.7 Å². The SMILES string of the molecule is Cc1ccccc1C1=N[C@H](C)c2c(-c3cnco3)ncn2-c2ccc(C3CC3)cc21. The van der Waals surface area contributed by atoms with Gasteiger partial charge in [-0.3, -0.25) is 9.56 Å². The molecule has 1 atom stereocenters. The summed E-state index contributed by atoms with van der Waals surface area (Å²) >= 11 is 0. The van der Waals surface area contributed by atoms with Crippen LogP contribution in [-0.4, -0.2) is 20.2 Å². The molecule has 2 aromatic heterocycles. The molecule has 5 nitrogen and oxygen atoms in total. The van der Waals surface area contributed by atoms with Crippen LogP contribution in [0.3, 0.4) is 0 Å². The predicted octanol–water partition coefficient (Wildman–Crippen LogP) is 5.63. The molecule has 6 rings (SSSR count). The van der Waals surface area contributed by atoms with E-state index in [-0.39, 0.29) is 6.04 Å². The van der Waals surface area contributed by atoms with Gasteiger partial charge in [-0.25, -0.2) is 9.97 Å². The second kappa shape index (κ2) is 6.52. The Morgan fingerprint density at radius 3 is 2.70 bits per heavy atom. The smallest absolute Gasteiger partial charge is 0.181 e. The van der Waals surface area contributed by atoms with Crippen LogP contribution < -0.4 is 0 Å². The lowest BCUT2D eigenvalue weighted by Crippen LogP contribution is -2.09. The highest BCUT2D eigenvalue weighted by atomic mass is 16.3. The number of benzene rings is 2. The third-order valence-electron chi connectivity index (χ3n) is 6.17. The first-order chi connectivity index (χ1) is 14.7. The summed E-state index contributed by atoms with van der Waals surface area (Å²) in [5, 5.41) is 0. The number of aliphatic imine (C=N–C) groups is 1. The van der Waals surface area contributed by atoms with Gasteiger partial charge in [-0.2, -0.15) is 0 Å². The summed E-state index contributed by atoms with van der Waals surface area (Å²) < 4.78 is 7.75. The molecule has 1 aliphatic heterocycles. The maximum Gasteiger partial charge on any atom is 0.181 e. The van der Waals surface area contributed by atoms with Crippen LogP contribution in [0.25, 0.3) is 17.1 Å². The fourth-order valence-corrected chi connectivity index (χ4v) is 4.47. The molecule has 0 N–H and O–H groups in total. The average molecular weight is 394 g/mol. The highest BCUT2D eigenvalue weighted by Crippen LogP contribution is 2.43. The predicted molar refractivity (Wildman–Crippen MR) is 116 cm³/mol. The van der Waals surface area contributed by atoms with Gasteiger partial charge in [0.2, 0.25) is 0 Å². The van der Waals surface area contributed by atoms with Gasteiger partial charge in [-0.15, -0.1) is 0 Å². The van der Waals surface area contributed by atoms with E-state index in [2.05, 4.69) is 70.8 Å². The zero-order chi connectivity index (χ0) is 20.2. The summed E-state index contributed by atoms with van der Waals surface area (Å²) in [6.45, 7) is 4.28. The zero-order valence-corrected chi connectivity index (χ0v) is 17.0. The molecule has 148 valence electrons. The van der Waals surface area contributed by atoms with Gasteiger partial charge < -0.3 is 4.42 Å². The summed E-state index contributed by atoms with van der Waals surface area (Å²) in [7, 11) is 0. The standard InChI is InChI=1S/C25H22N4O/c1-15-5-3-4-6-19(15)23-20-11-18(17-7-8-17)9-10-21(20)29-13-27-24(22-12-26-14-30-22)25(29)16(2)28-23/h3-6,9-14,16-17H,7-8H2,1-2H3/t16-/m1/s1. The maximum absolute atomic E-state index is 5.58. The summed E-state index contributed by atoms with van der Waals surface area (Å²) in [6.07, 6.45) is 7.59. The molecular formula is C25H22N4O. The first-order valence-corrected chi connectivity index (χ1v) is 10.5. The van der Waals surface area contributed by atoms with Crippen molar-refractivity contribution in [1.29, 1.82) is 0 Å². The lowest BCUT2D eigenvalue weighted by atomic mass is 9.94. The van der Waals surface area contributed by atoms with Gasteiger partial charge in [-0.05, 0) is 55.9 Å². The van der Waals surface area contributed by atoms with Crippen LogP contribution in [-0.2, 0) is 0 Å². The topological polar surface area (TPSA) is 56.2 Å². The van der Waals surface area contributed by atoms with Crippen LogP contribution in [0.5, 0.6) is 0 Å². The molecule has 5 heteroatoms. The molecule has 0 radical (unpaired) electrons. The normalized spacial score (nSPS) is 17.8. The number of hydrogen-bond donors (Lipinski definition) is 0.